The van der Waals surface area contributed by atoms with E-state index in [9.17, 15) is 0 Å². The van der Waals surface area contributed by atoms with Crippen molar-refractivity contribution in [3.05, 3.63) is 89.7 Å². The topological polar surface area (TPSA) is 41.6 Å². The van der Waals surface area contributed by atoms with Gasteiger partial charge in [-0.25, -0.2) is 4.98 Å². The molecule has 0 aliphatic carbocycles. The van der Waals surface area contributed by atoms with Crippen LogP contribution < -0.4 is 0 Å². The molecule has 3 heteroatoms. The van der Waals surface area contributed by atoms with Gasteiger partial charge >= 0.3 is 0 Å². The predicted molar refractivity (Wildman–Crippen MR) is 107 cm³/mol. The Morgan fingerprint density at radius 2 is 1.74 bits per heavy atom. The number of imidazole rings is 1. The molecule has 27 heavy (non-hydrogen) atoms. The van der Waals surface area contributed by atoms with Crippen LogP contribution in [0.25, 0.3) is 22.2 Å². The van der Waals surface area contributed by atoms with Crippen LogP contribution >= 0.6 is 0 Å². The second kappa shape index (κ2) is 6.41. The molecule has 1 aliphatic heterocycles. The number of hydrogen-bond acceptors (Lipinski definition) is 2. The van der Waals surface area contributed by atoms with E-state index in [1.54, 1.807) is 0 Å². The summed E-state index contributed by atoms with van der Waals surface area (Å²) < 4.78 is 2.41. The van der Waals surface area contributed by atoms with Gasteiger partial charge in [-0.1, -0.05) is 60.7 Å². The Morgan fingerprint density at radius 3 is 2.52 bits per heavy atom. The summed E-state index contributed by atoms with van der Waals surface area (Å²) in [5, 5.41) is 8.85. The van der Waals surface area contributed by atoms with Crippen LogP contribution in [0.1, 0.15) is 29.4 Å². The molecule has 130 valence electrons. The maximum absolute atomic E-state index is 8.85. The quantitative estimate of drug-likeness (QED) is 0.503. The highest BCUT2D eigenvalue weighted by Gasteiger charge is 2.26. The van der Waals surface area contributed by atoms with E-state index in [0.717, 1.165) is 23.9 Å². The Labute approximate surface area is 158 Å². The molecule has 0 radical (unpaired) electrons. The van der Waals surface area contributed by atoms with Crippen molar-refractivity contribution in [2.75, 3.05) is 0 Å². The molecule has 0 fully saturated rings. The van der Waals surface area contributed by atoms with Crippen molar-refractivity contribution >= 4 is 11.0 Å². The van der Waals surface area contributed by atoms with Crippen LogP contribution in [0.15, 0.2) is 72.8 Å². The molecule has 0 spiro atoms. The van der Waals surface area contributed by atoms with Gasteiger partial charge in [-0.3, -0.25) is 0 Å². The number of aromatic nitrogens is 2. The second-order valence-electron chi connectivity index (χ2n) is 7.10. The first-order valence-electron chi connectivity index (χ1n) is 9.35. The van der Waals surface area contributed by atoms with Crippen molar-refractivity contribution in [3.63, 3.8) is 0 Å². The van der Waals surface area contributed by atoms with Crippen molar-refractivity contribution in [3.8, 4) is 17.2 Å². The first-order valence-corrected chi connectivity index (χ1v) is 9.35. The van der Waals surface area contributed by atoms with E-state index in [4.69, 9.17) is 10.2 Å². The minimum Gasteiger partial charge on any atom is -0.320 e. The molecule has 1 aromatic heterocycles. The van der Waals surface area contributed by atoms with Crippen molar-refractivity contribution < 1.29 is 0 Å². The molecular formula is C24H19N3. The zero-order valence-electron chi connectivity index (χ0n) is 15.0. The molecule has 3 aromatic carbocycles. The van der Waals surface area contributed by atoms with Gasteiger partial charge < -0.3 is 4.57 Å². The van der Waals surface area contributed by atoms with Crippen LogP contribution in [0.3, 0.4) is 0 Å². The van der Waals surface area contributed by atoms with Gasteiger partial charge in [0.05, 0.1) is 29.6 Å². The number of fused-ring (bicyclic) bond motifs is 3. The van der Waals surface area contributed by atoms with Crippen LogP contribution in [-0.2, 0) is 12.8 Å². The minimum absolute atomic E-state index is 0.361. The normalized spacial score (nSPS) is 15.6. The molecule has 5 rings (SSSR count). The van der Waals surface area contributed by atoms with E-state index < -0.39 is 0 Å². The fraction of sp³-hybridized carbons (Fsp3) is 0.167. The standard InChI is InChI=1S/C24H19N3/c25-15-14-17-6-8-18(9-7-17)20-10-11-21-23(16-20)27-22(12-13-24(27)26-21)19-4-2-1-3-5-19/h1-11,16,22H,12-14H2. The smallest absolute Gasteiger partial charge is 0.110 e. The van der Waals surface area contributed by atoms with Crippen LogP contribution in [0.5, 0.6) is 0 Å². The number of hydrogen-bond donors (Lipinski definition) is 0. The highest BCUT2D eigenvalue weighted by molar-refractivity contribution is 5.83. The number of benzene rings is 3. The summed E-state index contributed by atoms with van der Waals surface area (Å²) in [5.74, 6) is 1.18. The van der Waals surface area contributed by atoms with E-state index in [-0.39, 0.29) is 0 Å². The number of rotatable bonds is 3. The summed E-state index contributed by atoms with van der Waals surface area (Å²) in [7, 11) is 0. The van der Waals surface area contributed by atoms with Gasteiger partial charge in [-0.15, -0.1) is 0 Å². The fourth-order valence-electron chi connectivity index (χ4n) is 4.14. The van der Waals surface area contributed by atoms with Crippen molar-refractivity contribution in [2.24, 2.45) is 0 Å². The van der Waals surface area contributed by atoms with Crippen LogP contribution in [-0.4, -0.2) is 9.55 Å². The fourth-order valence-corrected chi connectivity index (χ4v) is 4.14. The summed E-state index contributed by atoms with van der Waals surface area (Å²) in [4.78, 5) is 4.87. The third kappa shape index (κ3) is 2.71. The van der Waals surface area contributed by atoms with E-state index in [1.807, 2.05) is 12.1 Å². The zero-order chi connectivity index (χ0) is 18.2. The van der Waals surface area contributed by atoms with Gasteiger partial charge in [-0.2, -0.15) is 5.26 Å². The SMILES string of the molecule is N#CCc1ccc(-c2ccc3nc4n(c3c2)C(c2ccccc2)CC4)cc1. The number of aryl methyl sites for hydroxylation is 1. The first-order chi connectivity index (χ1) is 13.3. The molecule has 0 bridgehead atoms. The molecule has 3 nitrogen and oxygen atoms in total. The van der Waals surface area contributed by atoms with Crippen molar-refractivity contribution in [2.45, 2.75) is 25.3 Å². The maximum Gasteiger partial charge on any atom is 0.110 e. The average molecular weight is 349 g/mol. The van der Waals surface area contributed by atoms with Gasteiger partial charge in [-0.05, 0) is 40.8 Å². The third-order valence-corrected chi connectivity index (χ3v) is 5.47. The van der Waals surface area contributed by atoms with Gasteiger partial charge in [0, 0.05) is 6.42 Å². The zero-order valence-corrected chi connectivity index (χ0v) is 15.0. The Bertz CT molecular complexity index is 1150. The Morgan fingerprint density at radius 1 is 0.963 bits per heavy atom. The largest absolute Gasteiger partial charge is 0.320 e. The first kappa shape index (κ1) is 15.8. The number of nitriles is 1. The van der Waals surface area contributed by atoms with Crippen LogP contribution in [0.4, 0.5) is 0 Å². The molecule has 1 atom stereocenters. The summed E-state index contributed by atoms with van der Waals surface area (Å²) in [6, 6.07) is 28.1. The Hall–Kier alpha value is -3.38. The Kier molecular flexibility index (Phi) is 3.76. The summed E-state index contributed by atoms with van der Waals surface area (Å²) in [6.45, 7) is 0. The monoisotopic (exact) mass is 349 g/mol. The molecule has 1 unspecified atom stereocenters. The van der Waals surface area contributed by atoms with E-state index >= 15 is 0 Å². The number of nitrogens with zero attached hydrogens (tertiary/aromatic N) is 3. The highest BCUT2D eigenvalue weighted by Crippen LogP contribution is 2.36. The molecule has 0 N–H and O–H groups in total. The van der Waals surface area contributed by atoms with E-state index in [0.29, 0.717) is 12.5 Å². The lowest BCUT2D eigenvalue weighted by atomic mass is 10.0. The molecule has 0 amide bonds. The minimum atomic E-state index is 0.361. The van der Waals surface area contributed by atoms with Gasteiger partial charge in [0.2, 0.25) is 0 Å². The van der Waals surface area contributed by atoms with Gasteiger partial charge in [0.1, 0.15) is 5.82 Å². The summed E-state index contributed by atoms with van der Waals surface area (Å²) in [5.41, 5.74) is 7.03. The van der Waals surface area contributed by atoms with Crippen molar-refractivity contribution in [1.29, 1.82) is 5.26 Å². The highest BCUT2D eigenvalue weighted by atomic mass is 15.1. The molecular weight excluding hydrogens is 330 g/mol. The lowest BCUT2D eigenvalue weighted by Crippen LogP contribution is -2.05. The van der Waals surface area contributed by atoms with Gasteiger partial charge in [0.15, 0.2) is 0 Å². The predicted octanol–water partition coefficient (Wildman–Crippen LogP) is 5.30. The maximum atomic E-state index is 8.85. The molecule has 0 saturated carbocycles. The average Bonchev–Trinajstić information content (AvgIpc) is 3.28. The molecule has 1 aliphatic rings. The molecule has 0 saturated heterocycles. The van der Waals surface area contributed by atoms with E-state index in [2.05, 4.69) is 71.3 Å². The lowest BCUT2D eigenvalue weighted by molar-refractivity contribution is 0.637. The second-order valence-corrected chi connectivity index (χ2v) is 7.10. The molecule has 2 heterocycles. The van der Waals surface area contributed by atoms with Crippen molar-refractivity contribution in [1.82, 2.24) is 9.55 Å². The van der Waals surface area contributed by atoms with Crippen LogP contribution in [0.2, 0.25) is 0 Å². The summed E-state index contributed by atoms with van der Waals surface area (Å²) in [6.07, 6.45) is 2.58. The van der Waals surface area contributed by atoms with Gasteiger partial charge in [0.25, 0.3) is 0 Å². The lowest BCUT2D eigenvalue weighted by Gasteiger charge is -2.15. The Balaban J connectivity index is 1.59. The third-order valence-electron chi connectivity index (χ3n) is 5.47. The summed E-state index contributed by atoms with van der Waals surface area (Å²) >= 11 is 0. The van der Waals surface area contributed by atoms with Crippen LogP contribution in [0, 0.1) is 11.3 Å². The van der Waals surface area contributed by atoms with E-state index in [1.165, 1.54) is 28.0 Å². The molecule has 4 aromatic rings.